The maximum absolute atomic E-state index is 9.07. The van der Waals surface area contributed by atoms with Crippen molar-refractivity contribution in [1.82, 2.24) is 0 Å². The first kappa shape index (κ1) is 11.4. The smallest absolute Gasteiger partial charge is 0.0681 e. The van der Waals surface area contributed by atoms with Crippen LogP contribution in [0.4, 0.5) is 5.69 Å². The molecule has 0 atom stereocenters. The summed E-state index contributed by atoms with van der Waals surface area (Å²) >= 11 is 0. The first-order chi connectivity index (χ1) is 7.81. The summed E-state index contributed by atoms with van der Waals surface area (Å²) in [7, 11) is 0. The first-order valence-corrected chi connectivity index (χ1v) is 5.84. The van der Waals surface area contributed by atoms with Gasteiger partial charge in [-0.15, -0.1) is 0 Å². The minimum absolute atomic E-state index is 0.115. The highest BCUT2D eigenvalue weighted by molar-refractivity contribution is 5.54. The Labute approximate surface area is 96.6 Å². The highest BCUT2D eigenvalue weighted by atomic mass is 16.5. The van der Waals surface area contributed by atoms with Gasteiger partial charge in [0.25, 0.3) is 0 Å². The highest BCUT2D eigenvalue weighted by Gasteiger charge is 2.12. The molecular weight excluding hydrogens is 202 g/mol. The Morgan fingerprint density at radius 3 is 2.94 bits per heavy atom. The van der Waals surface area contributed by atoms with Crippen LogP contribution in [0.2, 0.25) is 0 Å². The van der Waals surface area contributed by atoms with E-state index >= 15 is 0 Å². The van der Waals surface area contributed by atoms with Crippen LogP contribution >= 0.6 is 0 Å². The largest absolute Gasteiger partial charge is 0.392 e. The summed E-state index contributed by atoms with van der Waals surface area (Å²) in [6.45, 7) is 5.90. The predicted octanol–water partition coefficient (Wildman–Crippen LogP) is 1.71. The lowest BCUT2D eigenvalue weighted by molar-refractivity contribution is 0.152. The van der Waals surface area contributed by atoms with Crippen molar-refractivity contribution in [2.75, 3.05) is 31.2 Å². The number of nitrogens with zero attached hydrogens (tertiary/aromatic N) is 1. The molecule has 1 fully saturated rings. The van der Waals surface area contributed by atoms with Crippen LogP contribution in [0.15, 0.2) is 18.2 Å². The van der Waals surface area contributed by atoms with E-state index in [2.05, 4.69) is 24.0 Å². The van der Waals surface area contributed by atoms with E-state index in [1.54, 1.807) is 0 Å². The lowest BCUT2D eigenvalue weighted by Crippen LogP contribution is -2.26. The molecule has 1 aliphatic rings. The molecule has 0 aromatic heterocycles. The van der Waals surface area contributed by atoms with Gasteiger partial charge in [-0.25, -0.2) is 0 Å². The fourth-order valence-electron chi connectivity index (χ4n) is 2.16. The molecule has 1 saturated heterocycles. The Morgan fingerprint density at radius 1 is 1.31 bits per heavy atom. The molecule has 0 bridgehead atoms. The van der Waals surface area contributed by atoms with E-state index in [4.69, 9.17) is 9.84 Å². The molecule has 0 saturated carbocycles. The van der Waals surface area contributed by atoms with Crippen molar-refractivity contribution in [2.24, 2.45) is 0 Å². The fourth-order valence-corrected chi connectivity index (χ4v) is 2.16. The molecule has 88 valence electrons. The molecule has 1 aliphatic heterocycles. The van der Waals surface area contributed by atoms with Crippen molar-refractivity contribution in [2.45, 2.75) is 20.0 Å². The van der Waals surface area contributed by atoms with Gasteiger partial charge in [0.15, 0.2) is 0 Å². The molecule has 0 radical (unpaired) electrons. The number of aliphatic hydroxyl groups is 1. The number of ether oxygens (including phenoxy) is 1. The van der Waals surface area contributed by atoms with Gasteiger partial charge in [0, 0.05) is 25.4 Å². The molecule has 1 N–H and O–H groups in total. The minimum atomic E-state index is 0.115. The normalized spacial score (nSPS) is 17.2. The third-order valence-corrected chi connectivity index (χ3v) is 3.01. The van der Waals surface area contributed by atoms with Gasteiger partial charge in [-0.05, 0) is 30.5 Å². The minimum Gasteiger partial charge on any atom is -0.392 e. The fraction of sp³-hybridized carbons (Fsp3) is 0.538. The lowest BCUT2D eigenvalue weighted by Gasteiger charge is -2.24. The van der Waals surface area contributed by atoms with E-state index in [9.17, 15) is 0 Å². The van der Waals surface area contributed by atoms with Crippen molar-refractivity contribution in [3.8, 4) is 0 Å². The van der Waals surface area contributed by atoms with Crippen molar-refractivity contribution in [3.63, 3.8) is 0 Å². The zero-order valence-electron chi connectivity index (χ0n) is 9.78. The molecule has 3 heteroatoms. The second-order valence-electron chi connectivity index (χ2n) is 4.23. The number of aliphatic hydroxyl groups excluding tert-OH is 1. The predicted molar refractivity (Wildman–Crippen MR) is 64.8 cm³/mol. The molecule has 2 rings (SSSR count). The van der Waals surface area contributed by atoms with Crippen LogP contribution in [-0.4, -0.2) is 31.4 Å². The monoisotopic (exact) mass is 221 g/mol. The van der Waals surface area contributed by atoms with Crippen LogP contribution < -0.4 is 4.90 Å². The van der Waals surface area contributed by atoms with Gasteiger partial charge < -0.3 is 14.7 Å². The molecular formula is C13H19NO2. The molecule has 1 aromatic rings. The van der Waals surface area contributed by atoms with Crippen LogP contribution in [0.3, 0.4) is 0 Å². The van der Waals surface area contributed by atoms with Crippen molar-refractivity contribution < 1.29 is 9.84 Å². The van der Waals surface area contributed by atoms with E-state index < -0.39 is 0 Å². The second-order valence-corrected chi connectivity index (χ2v) is 4.23. The maximum Gasteiger partial charge on any atom is 0.0681 e. The van der Waals surface area contributed by atoms with E-state index in [-0.39, 0.29) is 6.61 Å². The van der Waals surface area contributed by atoms with Crippen molar-refractivity contribution >= 4 is 5.69 Å². The van der Waals surface area contributed by atoms with Gasteiger partial charge in [-0.3, -0.25) is 0 Å². The van der Waals surface area contributed by atoms with Crippen LogP contribution in [0.5, 0.6) is 0 Å². The Morgan fingerprint density at radius 2 is 2.19 bits per heavy atom. The topological polar surface area (TPSA) is 32.7 Å². The number of anilines is 1. The van der Waals surface area contributed by atoms with Crippen molar-refractivity contribution in [1.29, 1.82) is 0 Å². The average molecular weight is 221 g/mol. The van der Waals surface area contributed by atoms with E-state index in [1.807, 2.05) is 6.07 Å². The molecule has 16 heavy (non-hydrogen) atoms. The summed E-state index contributed by atoms with van der Waals surface area (Å²) in [5, 5.41) is 9.07. The Balaban J connectivity index is 2.18. The third kappa shape index (κ3) is 2.54. The molecule has 0 unspecified atom stereocenters. The number of benzene rings is 1. The Kier molecular flexibility index (Phi) is 3.80. The number of aryl methyl sites for hydroxylation is 1. The van der Waals surface area contributed by atoms with Crippen LogP contribution in [-0.2, 0) is 11.3 Å². The van der Waals surface area contributed by atoms with E-state index in [1.165, 1.54) is 11.3 Å². The zero-order chi connectivity index (χ0) is 11.4. The van der Waals surface area contributed by atoms with Gasteiger partial charge in [0.05, 0.1) is 13.2 Å². The average Bonchev–Trinajstić information content (AvgIpc) is 2.57. The summed E-state index contributed by atoms with van der Waals surface area (Å²) in [5.74, 6) is 0. The van der Waals surface area contributed by atoms with Gasteiger partial charge in [0.2, 0.25) is 0 Å². The maximum atomic E-state index is 9.07. The molecule has 1 heterocycles. The zero-order valence-corrected chi connectivity index (χ0v) is 9.78. The Hall–Kier alpha value is -1.06. The molecule has 0 aliphatic carbocycles. The number of rotatable bonds is 2. The molecule has 0 spiro atoms. The summed E-state index contributed by atoms with van der Waals surface area (Å²) in [4.78, 5) is 2.36. The third-order valence-electron chi connectivity index (χ3n) is 3.01. The lowest BCUT2D eigenvalue weighted by atomic mass is 10.1. The summed E-state index contributed by atoms with van der Waals surface area (Å²) < 4.78 is 5.45. The first-order valence-electron chi connectivity index (χ1n) is 5.84. The van der Waals surface area contributed by atoms with Gasteiger partial charge in [-0.2, -0.15) is 0 Å². The van der Waals surface area contributed by atoms with Crippen molar-refractivity contribution in [3.05, 3.63) is 29.3 Å². The standard InChI is InChI=1S/C13H19NO2/c1-11-9-12(10-15)3-4-13(11)14-5-2-7-16-8-6-14/h3-4,9,15H,2,5-8,10H2,1H3. The SMILES string of the molecule is Cc1cc(CO)ccc1N1CCCOCC1. The second kappa shape index (κ2) is 5.32. The molecule has 0 amide bonds. The molecule has 1 aromatic carbocycles. The Bertz CT molecular complexity index is 344. The quantitative estimate of drug-likeness (QED) is 0.825. The molecule has 3 nitrogen and oxygen atoms in total. The van der Waals surface area contributed by atoms with Crippen LogP contribution in [0.25, 0.3) is 0 Å². The number of hydrogen-bond donors (Lipinski definition) is 1. The van der Waals surface area contributed by atoms with E-state index in [0.717, 1.165) is 38.3 Å². The summed E-state index contributed by atoms with van der Waals surface area (Å²) in [6, 6.07) is 6.15. The summed E-state index contributed by atoms with van der Waals surface area (Å²) in [6.07, 6.45) is 1.08. The van der Waals surface area contributed by atoms with Crippen LogP contribution in [0, 0.1) is 6.92 Å². The highest BCUT2D eigenvalue weighted by Crippen LogP contribution is 2.22. The number of hydrogen-bond acceptors (Lipinski definition) is 3. The summed E-state index contributed by atoms with van der Waals surface area (Å²) in [5.41, 5.74) is 3.48. The van der Waals surface area contributed by atoms with Gasteiger partial charge >= 0.3 is 0 Å². The van der Waals surface area contributed by atoms with Gasteiger partial charge in [-0.1, -0.05) is 12.1 Å². The van der Waals surface area contributed by atoms with Gasteiger partial charge in [0.1, 0.15) is 0 Å². The van der Waals surface area contributed by atoms with E-state index in [0.29, 0.717) is 0 Å². The van der Waals surface area contributed by atoms with Crippen LogP contribution in [0.1, 0.15) is 17.5 Å².